The fraction of sp³-hybridized carbons (Fsp3) is 0.741. The minimum Gasteiger partial charge on any atom is -0.353 e. The van der Waals surface area contributed by atoms with E-state index in [2.05, 4.69) is 42.6 Å². The van der Waals surface area contributed by atoms with Gasteiger partial charge in [-0.05, 0) is 97.9 Å². The van der Waals surface area contributed by atoms with Gasteiger partial charge in [0.15, 0.2) is 0 Å². The lowest BCUT2D eigenvalue weighted by Crippen LogP contribution is -2.62. The molecule has 5 atom stereocenters. The maximum Gasteiger partial charge on any atom is 0.223 e. The van der Waals surface area contributed by atoms with Crippen molar-refractivity contribution >= 4 is 5.91 Å². The third-order valence-corrected chi connectivity index (χ3v) is 10.4. The number of rotatable bonds is 4. The lowest BCUT2D eigenvalue weighted by atomic mass is 9.41. The molecule has 162 valence electrons. The summed E-state index contributed by atoms with van der Waals surface area (Å²) in [5, 5.41) is 3.50. The van der Waals surface area contributed by atoms with Crippen LogP contribution in [-0.2, 0) is 10.2 Å². The topological polar surface area (TPSA) is 55.1 Å². The van der Waals surface area contributed by atoms with Gasteiger partial charge in [0.1, 0.15) is 0 Å². The quantitative estimate of drug-likeness (QED) is 0.744. The lowest BCUT2D eigenvalue weighted by molar-refractivity contribution is -0.149. The second-order valence-electron chi connectivity index (χ2n) is 12.1. The van der Waals surface area contributed by atoms with E-state index in [1.807, 2.05) is 0 Å². The zero-order chi connectivity index (χ0) is 20.6. The SMILES string of the molecule is CC[C@]12CC3CC(C(=O)NC4CC5(CC(N)C5)C4)C1CC[C@@](c1ccccc1)(C3)C2. The Hall–Kier alpha value is -1.35. The average Bonchev–Trinajstić information content (AvgIpc) is 2.69. The van der Waals surface area contributed by atoms with Gasteiger partial charge in [-0.2, -0.15) is 0 Å². The molecule has 0 radical (unpaired) electrons. The summed E-state index contributed by atoms with van der Waals surface area (Å²) >= 11 is 0. The highest BCUT2D eigenvalue weighted by Crippen LogP contribution is 2.67. The average molecular weight is 407 g/mol. The van der Waals surface area contributed by atoms with Gasteiger partial charge in [-0.3, -0.25) is 4.79 Å². The minimum absolute atomic E-state index is 0.248. The Morgan fingerprint density at radius 1 is 1.10 bits per heavy atom. The Morgan fingerprint density at radius 3 is 2.57 bits per heavy atom. The number of carbonyl (C=O) groups excluding carboxylic acids is 1. The molecule has 3 heteroatoms. The Balaban J connectivity index is 1.20. The molecule has 0 aliphatic heterocycles. The molecule has 3 nitrogen and oxygen atoms in total. The summed E-state index contributed by atoms with van der Waals surface area (Å²) in [7, 11) is 0. The maximum atomic E-state index is 13.5. The van der Waals surface area contributed by atoms with Crippen molar-refractivity contribution in [2.24, 2.45) is 34.3 Å². The molecule has 0 heterocycles. The molecule has 3 unspecified atom stereocenters. The van der Waals surface area contributed by atoms with E-state index in [0.717, 1.165) is 6.42 Å². The van der Waals surface area contributed by atoms with Crippen LogP contribution in [0.25, 0.3) is 0 Å². The molecule has 1 aromatic rings. The van der Waals surface area contributed by atoms with E-state index in [1.54, 1.807) is 5.56 Å². The molecule has 30 heavy (non-hydrogen) atoms. The van der Waals surface area contributed by atoms with Crippen LogP contribution in [-0.4, -0.2) is 18.0 Å². The summed E-state index contributed by atoms with van der Waals surface area (Å²) in [6.07, 6.45) is 13.5. The Kier molecular flexibility index (Phi) is 4.24. The minimum atomic E-state index is 0.248. The first-order chi connectivity index (χ1) is 14.4. The van der Waals surface area contributed by atoms with E-state index < -0.39 is 0 Å². The number of hydrogen-bond acceptors (Lipinski definition) is 2. The molecule has 1 aromatic carbocycles. The van der Waals surface area contributed by atoms with Crippen LogP contribution in [0.4, 0.5) is 0 Å². The number of hydrogen-bond donors (Lipinski definition) is 2. The fourth-order valence-corrected chi connectivity index (χ4v) is 9.31. The summed E-state index contributed by atoms with van der Waals surface area (Å²) < 4.78 is 0. The van der Waals surface area contributed by atoms with Crippen LogP contribution >= 0.6 is 0 Å². The van der Waals surface area contributed by atoms with E-state index in [9.17, 15) is 4.79 Å². The molecule has 5 saturated carbocycles. The van der Waals surface area contributed by atoms with Crippen LogP contribution in [0.3, 0.4) is 0 Å². The van der Waals surface area contributed by atoms with E-state index in [4.69, 9.17) is 5.73 Å². The molecule has 1 spiro atoms. The summed E-state index contributed by atoms with van der Waals surface area (Å²) in [5.41, 5.74) is 8.81. The van der Waals surface area contributed by atoms with E-state index in [1.165, 1.54) is 64.2 Å². The maximum absolute atomic E-state index is 13.5. The van der Waals surface area contributed by atoms with Gasteiger partial charge in [-0.25, -0.2) is 0 Å². The summed E-state index contributed by atoms with van der Waals surface area (Å²) in [4.78, 5) is 13.5. The zero-order valence-electron chi connectivity index (χ0n) is 18.5. The van der Waals surface area contributed by atoms with Crippen LogP contribution in [0.1, 0.15) is 83.1 Å². The fourth-order valence-electron chi connectivity index (χ4n) is 9.31. The zero-order valence-corrected chi connectivity index (χ0v) is 18.5. The van der Waals surface area contributed by atoms with Gasteiger partial charge in [-0.15, -0.1) is 0 Å². The van der Waals surface area contributed by atoms with Crippen molar-refractivity contribution in [3.63, 3.8) is 0 Å². The van der Waals surface area contributed by atoms with Crippen LogP contribution in [0.15, 0.2) is 30.3 Å². The predicted octanol–water partition coefficient (Wildman–Crippen LogP) is 4.94. The Morgan fingerprint density at radius 2 is 1.87 bits per heavy atom. The summed E-state index contributed by atoms with van der Waals surface area (Å²) in [6, 6.07) is 12.1. The van der Waals surface area contributed by atoms with Crippen LogP contribution < -0.4 is 11.1 Å². The summed E-state index contributed by atoms with van der Waals surface area (Å²) in [6.45, 7) is 2.40. The van der Waals surface area contributed by atoms with Crippen LogP contribution in [0, 0.1) is 28.6 Å². The van der Waals surface area contributed by atoms with Crippen LogP contribution in [0.5, 0.6) is 0 Å². The van der Waals surface area contributed by atoms with E-state index in [0.29, 0.717) is 46.1 Å². The lowest BCUT2D eigenvalue weighted by Gasteiger charge is -2.64. The number of carbonyl (C=O) groups is 1. The Labute approximate surface area is 181 Å². The first-order valence-electron chi connectivity index (χ1n) is 12.6. The molecule has 5 aliphatic rings. The normalized spacial score (nSPS) is 48.7. The van der Waals surface area contributed by atoms with Crippen molar-refractivity contribution in [3.05, 3.63) is 35.9 Å². The third-order valence-electron chi connectivity index (χ3n) is 10.4. The monoisotopic (exact) mass is 406 g/mol. The van der Waals surface area contributed by atoms with Crippen molar-refractivity contribution in [1.82, 2.24) is 5.32 Å². The number of amides is 1. The molecule has 5 aliphatic carbocycles. The number of benzene rings is 1. The first-order valence-corrected chi connectivity index (χ1v) is 12.6. The number of fused-ring (bicyclic) bond motifs is 2. The molecule has 1 amide bonds. The highest BCUT2D eigenvalue weighted by molar-refractivity contribution is 5.80. The van der Waals surface area contributed by atoms with Crippen molar-refractivity contribution in [2.45, 2.75) is 95.1 Å². The summed E-state index contributed by atoms with van der Waals surface area (Å²) in [5.74, 6) is 1.93. The van der Waals surface area contributed by atoms with Gasteiger partial charge in [0.2, 0.25) is 5.91 Å². The largest absolute Gasteiger partial charge is 0.353 e. The highest BCUT2D eigenvalue weighted by atomic mass is 16.2. The molecule has 5 fully saturated rings. The number of nitrogens with one attached hydrogen (secondary N) is 1. The van der Waals surface area contributed by atoms with Crippen molar-refractivity contribution in [1.29, 1.82) is 0 Å². The third kappa shape index (κ3) is 2.76. The second-order valence-corrected chi connectivity index (χ2v) is 12.1. The van der Waals surface area contributed by atoms with Gasteiger partial charge >= 0.3 is 0 Å². The van der Waals surface area contributed by atoms with Gasteiger partial charge in [0.25, 0.3) is 0 Å². The predicted molar refractivity (Wildman–Crippen MR) is 120 cm³/mol. The van der Waals surface area contributed by atoms with Crippen molar-refractivity contribution in [2.75, 3.05) is 0 Å². The number of nitrogens with two attached hydrogens (primary N) is 1. The Bertz CT molecular complexity index is 823. The van der Waals surface area contributed by atoms with Crippen LogP contribution in [0.2, 0.25) is 0 Å². The van der Waals surface area contributed by atoms with Gasteiger partial charge in [0, 0.05) is 18.0 Å². The van der Waals surface area contributed by atoms with Crippen molar-refractivity contribution in [3.8, 4) is 0 Å². The first kappa shape index (κ1) is 19.3. The van der Waals surface area contributed by atoms with Crippen molar-refractivity contribution < 1.29 is 4.79 Å². The second kappa shape index (κ2) is 6.58. The van der Waals surface area contributed by atoms with Gasteiger partial charge in [0.05, 0.1) is 0 Å². The molecule has 3 bridgehead atoms. The smallest absolute Gasteiger partial charge is 0.223 e. The van der Waals surface area contributed by atoms with Gasteiger partial charge in [-0.1, -0.05) is 43.7 Å². The van der Waals surface area contributed by atoms with Gasteiger partial charge < -0.3 is 11.1 Å². The molecular formula is C27H38N2O. The highest BCUT2D eigenvalue weighted by Gasteiger charge is 2.61. The standard InChI is InChI=1S/C27H38N2O/c1-2-26-11-18-10-22(24(30)29-21-15-25(16-21)13-20(28)14-25)23(26)8-9-27(12-18,17-26)19-6-4-3-5-7-19/h3-7,18,20-23H,2,8-17,28H2,1H3,(H,29,30)/t18?,20?,21?,22?,23?,25?,26-,27-/m1/s1. The van der Waals surface area contributed by atoms with E-state index in [-0.39, 0.29) is 5.92 Å². The molecular weight excluding hydrogens is 368 g/mol. The van der Waals surface area contributed by atoms with E-state index >= 15 is 0 Å². The molecule has 0 saturated heterocycles. The molecule has 3 N–H and O–H groups in total. The molecule has 6 rings (SSSR count). The molecule has 0 aromatic heterocycles.